The summed E-state index contributed by atoms with van der Waals surface area (Å²) in [7, 11) is 1.76. The largest absolute Gasteiger partial charge is 0.354 e. The number of amides is 1. The molecule has 25 heavy (non-hydrogen) atoms. The van der Waals surface area contributed by atoms with Crippen molar-refractivity contribution in [3.05, 3.63) is 59.5 Å². The van der Waals surface area contributed by atoms with E-state index in [2.05, 4.69) is 10.3 Å². The molecule has 0 aliphatic carbocycles. The molecule has 130 valence electrons. The standard InChI is InChI=1S/C19H21FN4O/c1-19(2,15-5-7-16(20)8-6-15)13-23-18(25)12-24(3)17-9-4-14(10-21)11-22-17/h4-9,11H,12-13H2,1-3H3,(H,23,25). The van der Waals surface area contributed by atoms with Crippen LogP contribution in [0.15, 0.2) is 42.6 Å². The molecule has 5 nitrogen and oxygen atoms in total. The van der Waals surface area contributed by atoms with Gasteiger partial charge in [-0.3, -0.25) is 4.79 Å². The van der Waals surface area contributed by atoms with Crippen molar-refractivity contribution in [2.24, 2.45) is 0 Å². The number of anilines is 1. The molecule has 0 bridgehead atoms. The molecule has 1 heterocycles. The van der Waals surface area contributed by atoms with Crippen LogP contribution in [0.25, 0.3) is 0 Å². The van der Waals surface area contributed by atoms with E-state index < -0.39 is 0 Å². The molecule has 6 heteroatoms. The first kappa shape index (κ1) is 18.4. The molecule has 0 saturated carbocycles. The number of carbonyl (C=O) groups is 1. The SMILES string of the molecule is CN(CC(=O)NCC(C)(C)c1ccc(F)cc1)c1ccc(C#N)cn1. The third kappa shape index (κ3) is 5.01. The van der Waals surface area contributed by atoms with Crippen LogP contribution in [0.2, 0.25) is 0 Å². The van der Waals surface area contributed by atoms with Crippen molar-refractivity contribution in [3.63, 3.8) is 0 Å². The van der Waals surface area contributed by atoms with Gasteiger partial charge in [0, 0.05) is 25.2 Å². The smallest absolute Gasteiger partial charge is 0.239 e. The van der Waals surface area contributed by atoms with Crippen molar-refractivity contribution in [2.75, 3.05) is 25.0 Å². The van der Waals surface area contributed by atoms with E-state index in [4.69, 9.17) is 5.26 Å². The third-order valence-electron chi connectivity index (χ3n) is 4.00. The van der Waals surface area contributed by atoms with Gasteiger partial charge in [0.15, 0.2) is 0 Å². The van der Waals surface area contributed by atoms with Crippen LogP contribution in [0.1, 0.15) is 25.0 Å². The number of hydrogen-bond donors (Lipinski definition) is 1. The number of nitrogens with zero attached hydrogens (tertiary/aromatic N) is 3. The summed E-state index contributed by atoms with van der Waals surface area (Å²) in [4.78, 5) is 18.1. The van der Waals surface area contributed by atoms with Crippen LogP contribution < -0.4 is 10.2 Å². The topological polar surface area (TPSA) is 69.0 Å². The minimum atomic E-state index is -0.311. The van der Waals surface area contributed by atoms with Crippen LogP contribution in [-0.4, -0.2) is 31.0 Å². The molecule has 1 aromatic heterocycles. The van der Waals surface area contributed by atoms with Crippen LogP contribution in [0.4, 0.5) is 10.2 Å². The molecule has 1 N–H and O–H groups in total. The maximum atomic E-state index is 13.0. The summed E-state index contributed by atoms with van der Waals surface area (Å²) in [5.74, 6) is 0.205. The Bertz CT molecular complexity index is 764. The van der Waals surface area contributed by atoms with Crippen molar-refractivity contribution in [1.82, 2.24) is 10.3 Å². The summed E-state index contributed by atoms with van der Waals surface area (Å²) < 4.78 is 13.0. The summed E-state index contributed by atoms with van der Waals surface area (Å²) in [6.07, 6.45) is 1.47. The highest BCUT2D eigenvalue weighted by Gasteiger charge is 2.21. The Morgan fingerprint density at radius 1 is 1.28 bits per heavy atom. The van der Waals surface area contributed by atoms with E-state index in [1.165, 1.54) is 18.3 Å². The first-order valence-corrected chi connectivity index (χ1v) is 7.92. The molecular weight excluding hydrogens is 319 g/mol. The summed E-state index contributed by atoms with van der Waals surface area (Å²) in [6.45, 7) is 4.57. The van der Waals surface area contributed by atoms with E-state index in [0.717, 1.165) is 5.56 Å². The van der Waals surface area contributed by atoms with E-state index in [9.17, 15) is 9.18 Å². The first-order valence-electron chi connectivity index (χ1n) is 7.92. The van der Waals surface area contributed by atoms with E-state index in [-0.39, 0.29) is 23.7 Å². The predicted molar refractivity (Wildman–Crippen MR) is 94.7 cm³/mol. The molecule has 0 saturated heterocycles. The quantitative estimate of drug-likeness (QED) is 0.878. The first-order chi connectivity index (χ1) is 11.8. The van der Waals surface area contributed by atoms with Crippen LogP contribution in [0.5, 0.6) is 0 Å². The second-order valence-corrected chi connectivity index (χ2v) is 6.54. The lowest BCUT2D eigenvalue weighted by atomic mass is 9.84. The fourth-order valence-corrected chi connectivity index (χ4v) is 2.35. The van der Waals surface area contributed by atoms with Gasteiger partial charge in [-0.05, 0) is 29.8 Å². The van der Waals surface area contributed by atoms with Gasteiger partial charge in [0.1, 0.15) is 17.7 Å². The number of benzene rings is 1. The molecule has 0 radical (unpaired) electrons. The zero-order valence-corrected chi connectivity index (χ0v) is 14.6. The average Bonchev–Trinajstić information content (AvgIpc) is 2.60. The van der Waals surface area contributed by atoms with Gasteiger partial charge in [-0.25, -0.2) is 9.37 Å². The minimum Gasteiger partial charge on any atom is -0.354 e. The zero-order chi connectivity index (χ0) is 18.4. The van der Waals surface area contributed by atoms with E-state index in [1.54, 1.807) is 36.2 Å². The number of halogens is 1. The number of pyridine rings is 1. The van der Waals surface area contributed by atoms with Crippen molar-refractivity contribution >= 4 is 11.7 Å². The molecule has 0 aliphatic heterocycles. The van der Waals surface area contributed by atoms with Gasteiger partial charge in [-0.2, -0.15) is 5.26 Å². The minimum absolute atomic E-state index is 0.135. The molecule has 0 fully saturated rings. The van der Waals surface area contributed by atoms with Crippen molar-refractivity contribution in [1.29, 1.82) is 5.26 Å². The third-order valence-corrected chi connectivity index (χ3v) is 4.00. The van der Waals surface area contributed by atoms with Crippen molar-refractivity contribution in [3.8, 4) is 6.07 Å². The van der Waals surface area contributed by atoms with E-state index >= 15 is 0 Å². The maximum absolute atomic E-state index is 13.0. The normalized spacial score (nSPS) is 10.8. The highest BCUT2D eigenvalue weighted by atomic mass is 19.1. The number of nitrogens with one attached hydrogen (secondary N) is 1. The highest BCUT2D eigenvalue weighted by Crippen LogP contribution is 2.22. The van der Waals surface area contributed by atoms with E-state index in [0.29, 0.717) is 17.9 Å². The maximum Gasteiger partial charge on any atom is 0.239 e. The number of carbonyl (C=O) groups excluding carboxylic acids is 1. The number of hydrogen-bond acceptors (Lipinski definition) is 4. The van der Waals surface area contributed by atoms with Gasteiger partial charge < -0.3 is 10.2 Å². The Labute approximate surface area is 147 Å². The molecule has 0 aliphatic rings. The van der Waals surface area contributed by atoms with Gasteiger partial charge in [0.2, 0.25) is 5.91 Å². The summed E-state index contributed by atoms with van der Waals surface area (Å²) >= 11 is 0. The fourth-order valence-electron chi connectivity index (χ4n) is 2.35. The Morgan fingerprint density at radius 2 is 1.96 bits per heavy atom. The Hall–Kier alpha value is -2.94. The Balaban J connectivity index is 1.90. The van der Waals surface area contributed by atoms with Gasteiger partial charge in [0.25, 0.3) is 0 Å². The van der Waals surface area contributed by atoms with Crippen LogP contribution in [-0.2, 0) is 10.2 Å². The van der Waals surface area contributed by atoms with Crippen molar-refractivity contribution in [2.45, 2.75) is 19.3 Å². The molecule has 1 aromatic carbocycles. The van der Waals surface area contributed by atoms with Crippen molar-refractivity contribution < 1.29 is 9.18 Å². The molecule has 0 spiro atoms. The van der Waals surface area contributed by atoms with Crippen LogP contribution >= 0.6 is 0 Å². The molecule has 2 aromatic rings. The zero-order valence-electron chi connectivity index (χ0n) is 14.6. The van der Waals surface area contributed by atoms with Crippen LogP contribution in [0.3, 0.4) is 0 Å². The summed E-state index contributed by atoms with van der Waals surface area (Å²) in [5.41, 5.74) is 1.12. The average molecular weight is 340 g/mol. The summed E-state index contributed by atoms with van der Waals surface area (Å²) in [5, 5.41) is 11.7. The fraction of sp³-hybridized carbons (Fsp3) is 0.316. The van der Waals surface area contributed by atoms with Crippen LogP contribution in [0, 0.1) is 17.1 Å². The predicted octanol–water partition coefficient (Wildman–Crippen LogP) is 2.62. The number of aromatic nitrogens is 1. The molecule has 0 unspecified atom stereocenters. The monoisotopic (exact) mass is 340 g/mol. The highest BCUT2D eigenvalue weighted by molar-refractivity contribution is 5.81. The Kier molecular flexibility index (Phi) is 5.71. The lowest BCUT2D eigenvalue weighted by Crippen LogP contribution is -2.41. The molecule has 2 rings (SSSR count). The lowest BCUT2D eigenvalue weighted by molar-refractivity contribution is -0.119. The lowest BCUT2D eigenvalue weighted by Gasteiger charge is -2.26. The van der Waals surface area contributed by atoms with Gasteiger partial charge >= 0.3 is 0 Å². The number of nitriles is 1. The number of likely N-dealkylation sites (N-methyl/N-ethyl adjacent to an activating group) is 1. The molecule has 1 amide bonds. The van der Waals surface area contributed by atoms with Gasteiger partial charge in [-0.15, -0.1) is 0 Å². The van der Waals surface area contributed by atoms with E-state index in [1.807, 2.05) is 19.9 Å². The molecule has 0 atom stereocenters. The second kappa shape index (κ2) is 7.75. The molecular formula is C19H21FN4O. The summed E-state index contributed by atoms with van der Waals surface area (Å²) in [6, 6.07) is 11.7. The van der Waals surface area contributed by atoms with Gasteiger partial charge in [-0.1, -0.05) is 26.0 Å². The van der Waals surface area contributed by atoms with Gasteiger partial charge in [0.05, 0.1) is 12.1 Å². The number of rotatable bonds is 6. The Morgan fingerprint density at radius 3 is 2.52 bits per heavy atom. The second-order valence-electron chi connectivity index (χ2n) is 6.54.